The van der Waals surface area contributed by atoms with Gasteiger partial charge in [-0.05, 0) is 62.3 Å². The lowest BCUT2D eigenvalue weighted by Gasteiger charge is -2.33. The van der Waals surface area contributed by atoms with E-state index >= 15 is 0 Å². The molecular formula is C19H21F3N4O2. The molecule has 1 aromatic heterocycles. The highest BCUT2D eigenvalue weighted by Gasteiger charge is 2.45. The monoisotopic (exact) mass is 394 g/mol. The SMILES string of the molecule is C[C@@H](Nc1nnc(-c2ccc(C(F)(F)F)cc2)o1)C(=O)N1CCC2(CC1)CC2. The number of rotatable bonds is 4. The number of amides is 1. The molecule has 1 amide bonds. The summed E-state index contributed by atoms with van der Waals surface area (Å²) in [5.74, 6) is 0.0642. The van der Waals surface area contributed by atoms with Crippen LogP contribution in [0.4, 0.5) is 19.2 Å². The van der Waals surface area contributed by atoms with E-state index in [9.17, 15) is 18.0 Å². The van der Waals surface area contributed by atoms with Crippen molar-refractivity contribution in [2.45, 2.75) is 44.8 Å². The predicted octanol–water partition coefficient (Wildman–Crippen LogP) is 3.96. The second kappa shape index (κ2) is 6.79. The Hall–Kier alpha value is -2.58. The minimum absolute atomic E-state index is 0.0234. The summed E-state index contributed by atoms with van der Waals surface area (Å²) in [5.41, 5.74) is 0.123. The quantitative estimate of drug-likeness (QED) is 0.850. The van der Waals surface area contributed by atoms with E-state index in [2.05, 4.69) is 15.5 Å². The molecular weight excluding hydrogens is 373 g/mol. The Morgan fingerprint density at radius 1 is 1.14 bits per heavy atom. The van der Waals surface area contributed by atoms with E-state index in [-0.39, 0.29) is 17.8 Å². The van der Waals surface area contributed by atoms with Crippen molar-refractivity contribution in [1.29, 1.82) is 0 Å². The number of alkyl halides is 3. The summed E-state index contributed by atoms with van der Waals surface area (Å²) in [7, 11) is 0. The largest absolute Gasteiger partial charge is 0.416 e. The summed E-state index contributed by atoms with van der Waals surface area (Å²) >= 11 is 0. The van der Waals surface area contributed by atoms with Crippen LogP contribution in [0.2, 0.25) is 0 Å². The number of carbonyl (C=O) groups excluding carboxylic acids is 1. The van der Waals surface area contributed by atoms with Crippen molar-refractivity contribution in [3.05, 3.63) is 29.8 Å². The lowest BCUT2D eigenvalue weighted by Crippen LogP contribution is -2.45. The molecule has 1 aliphatic heterocycles. The van der Waals surface area contributed by atoms with Gasteiger partial charge in [-0.25, -0.2) is 0 Å². The second-order valence-corrected chi connectivity index (χ2v) is 7.68. The molecule has 2 fully saturated rings. The zero-order valence-corrected chi connectivity index (χ0v) is 15.4. The molecule has 1 aliphatic carbocycles. The fourth-order valence-electron chi connectivity index (χ4n) is 3.60. The molecule has 1 aromatic carbocycles. The first-order chi connectivity index (χ1) is 13.3. The maximum Gasteiger partial charge on any atom is 0.416 e. The number of anilines is 1. The summed E-state index contributed by atoms with van der Waals surface area (Å²) in [6, 6.07) is 4.00. The number of benzene rings is 1. The molecule has 28 heavy (non-hydrogen) atoms. The van der Waals surface area contributed by atoms with E-state index in [1.165, 1.54) is 25.0 Å². The van der Waals surface area contributed by atoms with Crippen molar-refractivity contribution in [1.82, 2.24) is 15.1 Å². The molecule has 2 aliphatic rings. The molecule has 9 heteroatoms. The van der Waals surface area contributed by atoms with Gasteiger partial charge in [0.25, 0.3) is 0 Å². The molecule has 0 radical (unpaired) electrons. The molecule has 1 saturated carbocycles. The summed E-state index contributed by atoms with van der Waals surface area (Å²) in [6.07, 6.45) is 0.271. The second-order valence-electron chi connectivity index (χ2n) is 7.68. The fourth-order valence-corrected chi connectivity index (χ4v) is 3.60. The first-order valence-corrected chi connectivity index (χ1v) is 9.32. The van der Waals surface area contributed by atoms with Crippen molar-refractivity contribution in [2.75, 3.05) is 18.4 Å². The summed E-state index contributed by atoms with van der Waals surface area (Å²) in [4.78, 5) is 14.5. The van der Waals surface area contributed by atoms with E-state index in [1.54, 1.807) is 6.92 Å². The van der Waals surface area contributed by atoms with Gasteiger partial charge in [0, 0.05) is 18.7 Å². The van der Waals surface area contributed by atoms with Gasteiger partial charge in [-0.3, -0.25) is 4.79 Å². The van der Waals surface area contributed by atoms with Crippen LogP contribution in [0.25, 0.3) is 11.5 Å². The first kappa shape index (κ1) is 18.8. The van der Waals surface area contributed by atoms with Crippen LogP contribution in [-0.2, 0) is 11.0 Å². The van der Waals surface area contributed by atoms with Gasteiger partial charge in [0.2, 0.25) is 11.8 Å². The number of aromatic nitrogens is 2. The maximum atomic E-state index is 12.6. The van der Waals surface area contributed by atoms with Crippen LogP contribution in [0.3, 0.4) is 0 Å². The molecule has 6 nitrogen and oxygen atoms in total. The van der Waals surface area contributed by atoms with Gasteiger partial charge in [-0.1, -0.05) is 5.10 Å². The molecule has 2 aromatic rings. The highest BCUT2D eigenvalue weighted by atomic mass is 19.4. The first-order valence-electron chi connectivity index (χ1n) is 9.32. The van der Waals surface area contributed by atoms with Crippen LogP contribution in [0.5, 0.6) is 0 Å². The van der Waals surface area contributed by atoms with Crippen molar-refractivity contribution in [2.24, 2.45) is 5.41 Å². The van der Waals surface area contributed by atoms with Crippen LogP contribution in [-0.4, -0.2) is 40.1 Å². The number of hydrogen-bond donors (Lipinski definition) is 1. The van der Waals surface area contributed by atoms with Gasteiger partial charge in [0.05, 0.1) is 5.56 Å². The Morgan fingerprint density at radius 2 is 1.79 bits per heavy atom. The average molecular weight is 394 g/mol. The molecule has 4 rings (SSSR count). The molecule has 1 N–H and O–H groups in total. The standard InChI is InChI=1S/C19H21F3N4O2/c1-12(16(27)26-10-8-18(6-7-18)9-11-26)23-17-25-24-15(28-17)13-2-4-14(5-3-13)19(20,21)22/h2-5,12H,6-11H2,1H3,(H,23,25)/t12-/m1/s1. The Balaban J connectivity index is 1.37. The van der Waals surface area contributed by atoms with E-state index in [4.69, 9.17) is 4.42 Å². The van der Waals surface area contributed by atoms with Gasteiger partial charge < -0.3 is 14.6 Å². The third-order valence-corrected chi connectivity index (χ3v) is 5.69. The number of nitrogens with one attached hydrogen (secondary N) is 1. The summed E-state index contributed by atoms with van der Waals surface area (Å²) in [5, 5.41) is 10.6. The van der Waals surface area contributed by atoms with Gasteiger partial charge >= 0.3 is 12.2 Å². The Morgan fingerprint density at radius 3 is 2.36 bits per heavy atom. The minimum atomic E-state index is -4.40. The highest BCUT2D eigenvalue weighted by Crippen LogP contribution is 2.53. The Bertz CT molecular complexity index is 849. The summed E-state index contributed by atoms with van der Waals surface area (Å²) in [6.45, 7) is 3.27. The topological polar surface area (TPSA) is 71.3 Å². The van der Waals surface area contributed by atoms with E-state index in [1.807, 2.05) is 4.90 Å². The number of hydrogen-bond acceptors (Lipinski definition) is 5. The predicted molar refractivity (Wildman–Crippen MR) is 95.3 cm³/mol. The molecule has 1 saturated heterocycles. The van der Waals surface area contributed by atoms with Crippen LogP contribution >= 0.6 is 0 Å². The van der Waals surface area contributed by atoms with Gasteiger partial charge in [0.15, 0.2) is 0 Å². The zero-order chi connectivity index (χ0) is 19.9. The zero-order valence-electron chi connectivity index (χ0n) is 15.4. The summed E-state index contributed by atoms with van der Waals surface area (Å²) < 4.78 is 43.4. The van der Waals surface area contributed by atoms with Crippen LogP contribution < -0.4 is 5.32 Å². The van der Waals surface area contributed by atoms with Gasteiger partial charge in [-0.2, -0.15) is 13.2 Å². The molecule has 0 unspecified atom stereocenters. The lowest BCUT2D eigenvalue weighted by atomic mass is 9.93. The van der Waals surface area contributed by atoms with Crippen LogP contribution in [0.1, 0.15) is 38.2 Å². The molecule has 150 valence electrons. The van der Waals surface area contributed by atoms with E-state index in [0.29, 0.717) is 11.0 Å². The minimum Gasteiger partial charge on any atom is -0.403 e. The number of carbonyl (C=O) groups is 1. The Kier molecular flexibility index (Phi) is 4.55. The van der Waals surface area contributed by atoms with Gasteiger partial charge in [-0.15, -0.1) is 5.10 Å². The molecule has 1 atom stereocenters. The van der Waals surface area contributed by atoms with Crippen LogP contribution in [0.15, 0.2) is 28.7 Å². The van der Waals surface area contributed by atoms with Crippen molar-refractivity contribution in [3.63, 3.8) is 0 Å². The molecule has 0 bridgehead atoms. The van der Waals surface area contributed by atoms with Crippen LogP contribution in [0, 0.1) is 5.41 Å². The third kappa shape index (κ3) is 3.83. The fraction of sp³-hybridized carbons (Fsp3) is 0.526. The Labute approximate surface area is 160 Å². The third-order valence-electron chi connectivity index (χ3n) is 5.69. The average Bonchev–Trinajstić information content (AvgIpc) is 3.25. The lowest BCUT2D eigenvalue weighted by molar-refractivity contribution is -0.137. The van der Waals surface area contributed by atoms with E-state index in [0.717, 1.165) is 38.1 Å². The van der Waals surface area contributed by atoms with E-state index < -0.39 is 17.8 Å². The highest BCUT2D eigenvalue weighted by molar-refractivity contribution is 5.83. The number of halogens is 3. The molecule has 2 heterocycles. The van der Waals surface area contributed by atoms with Gasteiger partial charge in [0.1, 0.15) is 6.04 Å². The number of nitrogens with zero attached hydrogens (tertiary/aromatic N) is 3. The van der Waals surface area contributed by atoms with Crippen molar-refractivity contribution >= 4 is 11.9 Å². The smallest absolute Gasteiger partial charge is 0.403 e. The number of piperidine rings is 1. The normalized spacial score (nSPS) is 19.5. The number of likely N-dealkylation sites (tertiary alicyclic amines) is 1. The maximum absolute atomic E-state index is 12.6. The molecule has 1 spiro atoms. The van der Waals surface area contributed by atoms with Crippen molar-refractivity contribution < 1.29 is 22.4 Å². The van der Waals surface area contributed by atoms with Crippen molar-refractivity contribution in [3.8, 4) is 11.5 Å².